The van der Waals surface area contributed by atoms with Crippen molar-refractivity contribution in [2.75, 3.05) is 0 Å². The monoisotopic (exact) mass is 297 g/mol. The van der Waals surface area contributed by atoms with E-state index in [1.54, 1.807) is 18.2 Å². The van der Waals surface area contributed by atoms with Gasteiger partial charge in [0, 0.05) is 5.56 Å². The molecular formula is C13H9ClFNO2S. The highest BCUT2D eigenvalue weighted by Crippen LogP contribution is 2.18. The van der Waals surface area contributed by atoms with Gasteiger partial charge in [0.1, 0.15) is 5.82 Å². The van der Waals surface area contributed by atoms with Crippen molar-refractivity contribution in [2.45, 2.75) is 4.90 Å². The molecule has 2 aromatic rings. The SMILES string of the molecule is O=S(=O)(/N=C\c1c(F)cccc1Cl)c1ccccc1. The van der Waals surface area contributed by atoms with Crippen LogP contribution in [0, 0.1) is 5.82 Å². The summed E-state index contributed by atoms with van der Waals surface area (Å²) in [7, 11) is -3.85. The third-order valence-corrected chi connectivity index (χ3v) is 3.94. The molecule has 0 atom stereocenters. The Hall–Kier alpha value is -1.72. The Kier molecular flexibility index (Phi) is 3.97. The molecule has 0 aliphatic heterocycles. The average molecular weight is 298 g/mol. The zero-order valence-corrected chi connectivity index (χ0v) is 11.2. The predicted molar refractivity (Wildman–Crippen MR) is 72.6 cm³/mol. The second kappa shape index (κ2) is 5.50. The number of sulfonamides is 1. The normalized spacial score (nSPS) is 11.9. The largest absolute Gasteiger partial charge is 0.282 e. The molecule has 19 heavy (non-hydrogen) atoms. The Balaban J connectivity index is 2.39. The lowest BCUT2D eigenvalue weighted by atomic mass is 10.2. The van der Waals surface area contributed by atoms with Crippen LogP contribution in [0.15, 0.2) is 57.8 Å². The minimum Gasteiger partial charge on any atom is -0.206 e. The second-order valence-corrected chi connectivity index (χ2v) is 5.70. The molecule has 6 heteroatoms. The molecule has 98 valence electrons. The quantitative estimate of drug-likeness (QED) is 0.816. The van der Waals surface area contributed by atoms with Gasteiger partial charge in [0.25, 0.3) is 10.0 Å². The first-order valence-corrected chi connectivity index (χ1v) is 7.12. The van der Waals surface area contributed by atoms with E-state index in [2.05, 4.69) is 4.40 Å². The van der Waals surface area contributed by atoms with Gasteiger partial charge in [0.15, 0.2) is 0 Å². The van der Waals surface area contributed by atoms with Crippen molar-refractivity contribution in [3.8, 4) is 0 Å². The highest BCUT2D eigenvalue weighted by molar-refractivity contribution is 7.90. The van der Waals surface area contributed by atoms with Gasteiger partial charge in [0.2, 0.25) is 0 Å². The third-order valence-electron chi connectivity index (χ3n) is 2.36. The summed E-state index contributed by atoms with van der Waals surface area (Å²) >= 11 is 5.78. The molecule has 0 unspecified atom stereocenters. The number of hydrogen-bond acceptors (Lipinski definition) is 2. The fourth-order valence-corrected chi connectivity index (χ4v) is 2.49. The molecule has 2 aromatic carbocycles. The van der Waals surface area contributed by atoms with E-state index in [0.717, 1.165) is 6.21 Å². The lowest BCUT2D eigenvalue weighted by molar-refractivity contribution is 0.598. The lowest BCUT2D eigenvalue weighted by Gasteiger charge is -2.00. The summed E-state index contributed by atoms with van der Waals surface area (Å²) in [5.74, 6) is -0.625. The fraction of sp³-hybridized carbons (Fsp3) is 0. The minimum absolute atomic E-state index is 0.0405. The summed E-state index contributed by atoms with van der Waals surface area (Å²) in [5, 5.41) is 0.104. The first-order chi connectivity index (χ1) is 9.00. The molecule has 0 bridgehead atoms. The minimum atomic E-state index is -3.85. The van der Waals surface area contributed by atoms with Crippen molar-refractivity contribution in [1.82, 2.24) is 0 Å². The highest BCUT2D eigenvalue weighted by Gasteiger charge is 2.12. The number of nitrogens with zero attached hydrogens (tertiary/aromatic N) is 1. The molecule has 0 fully saturated rings. The molecule has 0 saturated heterocycles. The Morgan fingerprint density at radius 3 is 2.37 bits per heavy atom. The fourth-order valence-electron chi connectivity index (χ4n) is 1.41. The maximum atomic E-state index is 13.5. The Labute approximate surface area is 115 Å². The van der Waals surface area contributed by atoms with Gasteiger partial charge in [-0.1, -0.05) is 35.9 Å². The van der Waals surface area contributed by atoms with Gasteiger partial charge in [0.05, 0.1) is 16.1 Å². The van der Waals surface area contributed by atoms with Crippen LogP contribution < -0.4 is 0 Å². The van der Waals surface area contributed by atoms with Crippen molar-refractivity contribution in [3.05, 3.63) is 64.9 Å². The van der Waals surface area contributed by atoms with E-state index >= 15 is 0 Å². The number of benzene rings is 2. The summed E-state index contributed by atoms with van der Waals surface area (Å²) in [6.07, 6.45) is 0.917. The molecule has 0 heterocycles. The predicted octanol–water partition coefficient (Wildman–Crippen LogP) is 3.29. The summed E-state index contributed by atoms with van der Waals surface area (Å²) in [6, 6.07) is 11.8. The average Bonchev–Trinajstić information content (AvgIpc) is 2.39. The molecule has 2 rings (SSSR count). The summed E-state index contributed by atoms with van der Waals surface area (Å²) in [5.41, 5.74) is -0.0522. The molecule has 0 aromatic heterocycles. The first kappa shape index (κ1) is 13.7. The van der Waals surface area contributed by atoms with Crippen LogP contribution in [0.25, 0.3) is 0 Å². The smallest absolute Gasteiger partial charge is 0.206 e. The van der Waals surface area contributed by atoms with Crippen LogP contribution in [-0.4, -0.2) is 14.6 Å². The Bertz CT molecular complexity index is 694. The molecule has 0 radical (unpaired) electrons. The van der Waals surface area contributed by atoms with E-state index in [-0.39, 0.29) is 15.5 Å². The number of halogens is 2. The van der Waals surface area contributed by atoms with Crippen molar-refractivity contribution in [3.63, 3.8) is 0 Å². The van der Waals surface area contributed by atoms with Crippen LogP contribution in [-0.2, 0) is 10.0 Å². The van der Waals surface area contributed by atoms with E-state index in [0.29, 0.717) is 0 Å². The molecule has 0 spiro atoms. The van der Waals surface area contributed by atoms with Crippen LogP contribution in [0.4, 0.5) is 4.39 Å². The standard InChI is InChI=1S/C13H9ClFNO2S/c14-12-7-4-8-13(15)11(12)9-16-19(17,18)10-5-2-1-3-6-10/h1-9H/b16-9-. The van der Waals surface area contributed by atoms with Gasteiger partial charge in [-0.3, -0.25) is 0 Å². The number of rotatable bonds is 3. The molecule has 0 N–H and O–H groups in total. The van der Waals surface area contributed by atoms with E-state index in [1.165, 1.54) is 30.3 Å². The Morgan fingerprint density at radius 1 is 1.05 bits per heavy atom. The molecule has 0 amide bonds. The highest BCUT2D eigenvalue weighted by atomic mass is 35.5. The summed E-state index contributed by atoms with van der Waals surface area (Å²) in [4.78, 5) is 0.0405. The molecule has 3 nitrogen and oxygen atoms in total. The molecule has 0 aliphatic carbocycles. The van der Waals surface area contributed by atoms with E-state index in [4.69, 9.17) is 11.6 Å². The van der Waals surface area contributed by atoms with E-state index in [9.17, 15) is 12.8 Å². The molecular weight excluding hydrogens is 289 g/mol. The molecule has 0 aliphatic rings. The molecule has 0 saturated carbocycles. The van der Waals surface area contributed by atoms with Crippen molar-refractivity contribution >= 4 is 27.8 Å². The van der Waals surface area contributed by atoms with Gasteiger partial charge in [-0.2, -0.15) is 12.8 Å². The van der Waals surface area contributed by atoms with Crippen molar-refractivity contribution in [2.24, 2.45) is 4.40 Å². The maximum absolute atomic E-state index is 13.5. The van der Waals surface area contributed by atoms with Crippen LogP contribution in [0.1, 0.15) is 5.56 Å². The van der Waals surface area contributed by atoms with Gasteiger partial charge in [-0.25, -0.2) is 4.39 Å². The van der Waals surface area contributed by atoms with E-state index in [1.807, 2.05) is 0 Å². The van der Waals surface area contributed by atoms with Crippen LogP contribution in [0.2, 0.25) is 5.02 Å². The van der Waals surface area contributed by atoms with Crippen molar-refractivity contribution < 1.29 is 12.8 Å². The van der Waals surface area contributed by atoms with Gasteiger partial charge in [-0.05, 0) is 24.3 Å². The number of hydrogen-bond donors (Lipinski definition) is 0. The summed E-state index contributed by atoms with van der Waals surface area (Å²) < 4.78 is 40.6. The zero-order chi connectivity index (χ0) is 13.9. The third kappa shape index (κ3) is 3.19. The van der Waals surface area contributed by atoms with Gasteiger partial charge < -0.3 is 0 Å². The second-order valence-electron chi connectivity index (χ2n) is 3.66. The van der Waals surface area contributed by atoms with Crippen LogP contribution in [0.3, 0.4) is 0 Å². The Morgan fingerprint density at radius 2 is 1.74 bits per heavy atom. The van der Waals surface area contributed by atoms with Crippen LogP contribution >= 0.6 is 11.6 Å². The maximum Gasteiger partial charge on any atom is 0.282 e. The van der Waals surface area contributed by atoms with E-state index < -0.39 is 15.8 Å². The summed E-state index contributed by atoms with van der Waals surface area (Å²) in [6.45, 7) is 0. The van der Waals surface area contributed by atoms with Gasteiger partial charge in [-0.15, -0.1) is 0 Å². The van der Waals surface area contributed by atoms with Crippen molar-refractivity contribution in [1.29, 1.82) is 0 Å². The first-order valence-electron chi connectivity index (χ1n) is 5.30. The van der Waals surface area contributed by atoms with Gasteiger partial charge >= 0.3 is 0 Å². The van der Waals surface area contributed by atoms with Crippen LogP contribution in [0.5, 0.6) is 0 Å². The topological polar surface area (TPSA) is 46.5 Å². The lowest BCUT2D eigenvalue weighted by Crippen LogP contribution is -1.98. The zero-order valence-electron chi connectivity index (χ0n) is 9.62.